The standard InChI is InChI=1S/C20H19N5O3/c1-26-16-8-14(9-17(27-2)20(16)28-3)24-18-10-19(23-12-22-18)25-15-7-5-4-6-13(15)11-21/h4-10,12H,1-3H3,(H2,22,23,24,25). The van der Waals surface area contributed by atoms with E-state index in [1.807, 2.05) is 12.1 Å². The quantitative estimate of drug-likeness (QED) is 0.640. The van der Waals surface area contributed by atoms with Crippen molar-refractivity contribution in [2.75, 3.05) is 32.0 Å². The highest BCUT2D eigenvalue weighted by atomic mass is 16.5. The predicted molar refractivity (Wildman–Crippen MR) is 106 cm³/mol. The molecule has 0 amide bonds. The summed E-state index contributed by atoms with van der Waals surface area (Å²) >= 11 is 0. The Balaban J connectivity index is 1.86. The lowest BCUT2D eigenvalue weighted by atomic mass is 10.2. The summed E-state index contributed by atoms with van der Waals surface area (Å²) in [5.41, 5.74) is 1.90. The third-order valence-corrected chi connectivity index (χ3v) is 3.91. The Morgan fingerprint density at radius 1 is 0.857 bits per heavy atom. The van der Waals surface area contributed by atoms with E-state index < -0.39 is 0 Å². The summed E-state index contributed by atoms with van der Waals surface area (Å²) < 4.78 is 16.1. The lowest BCUT2D eigenvalue weighted by Crippen LogP contribution is -2.01. The minimum absolute atomic E-state index is 0.508. The van der Waals surface area contributed by atoms with Gasteiger partial charge in [-0.2, -0.15) is 5.26 Å². The van der Waals surface area contributed by atoms with Crippen LogP contribution in [0.4, 0.5) is 23.0 Å². The monoisotopic (exact) mass is 377 g/mol. The highest BCUT2D eigenvalue weighted by Gasteiger charge is 2.13. The van der Waals surface area contributed by atoms with Gasteiger partial charge in [0, 0.05) is 23.9 Å². The number of rotatable bonds is 7. The molecule has 0 aliphatic carbocycles. The van der Waals surface area contributed by atoms with Crippen molar-refractivity contribution in [3.05, 3.63) is 54.4 Å². The van der Waals surface area contributed by atoms with Gasteiger partial charge in [-0.1, -0.05) is 12.1 Å². The van der Waals surface area contributed by atoms with Crippen molar-refractivity contribution in [2.45, 2.75) is 0 Å². The van der Waals surface area contributed by atoms with Crippen LogP contribution in [0.15, 0.2) is 48.8 Å². The molecule has 0 atom stereocenters. The van der Waals surface area contributed by atoms with Crippen LogP contribution in [0, 0.1) is 11.3 Å². The van der Waals surface area contributed by atoms with Crippen LogP contribution in [-0.2, 0) is 0 Å². The third-order valence-electron chi connectivity index (χ3n) is 3.91. The lowest BCUT2D eigenvalue weighted by molar-refractivity contribution is 0.324. The first kappa shape index (κ1) is 18.8. The molecule has 2 N–H and O–H groups in total. The molecule has 0 spiro atoms. The number of para-hydroxylation sites is 1. The Hall–Kier alpha value is -3.99. The molecule has 0 aliphatic rings. The number of hydrogen-bond acceptors (Lipinski definition) is 8. The van der Waals surface area contributed by atoms with Gasteiger partial charge >= 0.3 is 0 Å². The summed E-state index contributed by atoms with van der Waals surface area (Å²) in [6, 6.07) is 14.6. The number of nitriles is 1. The first-order valence-electron chi connectivity index (χ1n) is 8.33. The molecule has 0 saturated heterocycles. The fraction of sp³-hybridized carbons (Fsp3) is 0.150. The average molecular weight is 377 g/mol. The van der Waals surface area contributed by atoms with Gasteiger partial charge in [0.2, 0.25) is 5.75 Å². The van der Waals surface area contributed by atoms with E-state index in [0.717, 1.165) is 0 Å². The van der Waals surface area contributed by atoms with Crippen LogP contribution in [0.25, 0.3) is 0 Å². The van der Waals surface area contributed by atoms with Crippen LogP contribution in [0.5, 0.6) is 17.2 Å². The second-order valence-electron chi connectivity index (χ2n) is 5.61. The van der Waals surface area contributed by atoms with Crippen LogP contribution in [-0.4, -0.2) is 31.3 Å². The number of hydrogen-bond donors (Lipinski definition) is 2. The van der Waals surface area contributed by atoms with E-state index in [0.29, 0.717) is 45.8 Å². The summed E-state index contributed by atoms with van der Waals surface area (Å²) in [6.45, 7) is 0. The molecule has 1 heterocycles. The molecule has 8 heteroatoms. The van der Waals surface area contributed by atoms with Crippen LogP contribution >= 0.6 is 0 Å². The second kappa shape index (κ2) is 8.60. The molecular weight excluding hydrogens is 358 g/mol. The highest BCUT2D eigenvalue weighted by molar-refractivity contribution is 5.69. The average Bonchev–Trinajstić information content (AvgIpc) is 2.73. The summed E-state index contributed by atoms with van der Waals surface area (Å²) in [6.07, 6.45) is 1.43. The Morgan fingerprint density at radius 2 is 1.50 bits per heavy atom. The van der Waals surface area contributed by atoms with Crippen molar-refractivity contribution in [3.8, 4) is 23.3 Å². The minimum atomic E-state index is 0.508. The Morgan fingerprint density at radius 3 is 2.11 bits per heavy atom. The molecule has 0 unspecified atom stereocenters. The summed E-state index contributed by atoms with van der Waals surface area (Å²) in [5, 5.41) is 15.5. The molecule has 142 valence electrons. The van der Waals surface area contributed by atoms with E-state index in [-0.39, 0.29) is 0 Å². The van der Waals surface area contributed by atoms with Gasteiger partial charge in [0.15, 0.2) is 11.5 Å². The predicted octanol–water partition coefficient (Wildman–Crippen LogP) is 3.86. The smallest absolute Gasteiger partial charge is 0.203 e. The van der Waals surface area contributed by atoms with Crippen molar-refractivity contribution in [3.63, 3.8) is 0 Å². The Bertz CT molecular complexity index is 992. The topological polar surface area (TPSA) is 101 Å². The molecule has 2 aromatic carbocycles. The fourth-order valence-corrected chi connectivity index (χ4v) is 2.62. The van der Waals surface area contributed by atoms with Crippen molar-refractivity contribution < 1.29 is 14.2 Å². The first-order valence-corrected chi connectivity index (χ1v) is 8.33. The normalized spacial score (nSPS) is 9.93. The molecule has 0 radical (unpaired) electrons. The van der Waals surface area contributed by atoms with Gasteiger partial charge < -0.3 is 24.8 Å². The maximum atomic E-state index is 9.22. The van der Waals surface area contributed by atoms with Crippen LogP contribution < -0.4 is 24.8 Å². The SMILES string of the molecule is COc1cc(Nc2cc(Nc3ccccc3C#N)ncn2)cc(OC)c1OC. The number of nitrogens with one attached hydrogen (secondary N) is 2. The number of methoxy groups -OCH3 is 3. The van der Waals surface area contributed by atoms with E-state index in [2.05, 4.69) is 26.7 Å². The van der Waals surface area contributed by atoms with Gasteiger partial charge in [0.1, 0.15) is 24.0 Å². The van der Waals surface area contributed by atoms with Gasteiger partial charge in [0.05, 0.1) is 32.6 Å². The molecule has 3 aromatic rings. The van der Waals surface area contributed by atoms with Crippen LogP contribution in [0.2, 0.25) is 0 Å². The Kier molecular flexibility index (Phi) is 5.77. The van der Waals surface area contributed by atoms with Gasteiger partial charge in [-0.3, -0.25) is 0 Å². The molecule has 0 saturated carbocycles. The fourth-order valence-electron chi connectivity index (χ4n) is 2.62. The maximum Gasteiger partial charge on any atom is 0.203 e. The van der Waals surface area contributed by atoms with Crippen molar-refractivity contribution in [1.82, 2.24) is 9.97 Å². The number of ether oxygens (including phenoxy) is 3. The number of anilines is 4. The molecule has 1 aromatic heterocycles. The zero-order chi connectivity index (χ0) is 19.9. The van der Waals surface area contributed by atoms with Crippen molar-refractivity contribution >= 4 is 23.0 Å². The zero-order valence-corrected chi connectivity index (χ0v) is 15.7. The van der Waals surface area contributed by atoms with Crippen LogP contribution in [0.1, 0.15) is 5.56 Å². The zero-order valence-electron chi connectivity index (χ0n) is 15.7. The number of benzene rings is 2. The molecule has 8 nitrogen and oxygen atoms in total. The summed E-state index contributed by atoms with van der Waals surface area (Å²) in [4.78, 5) is 8.44. The van der Waals surface area contributed by atoms with Gasteiger partial charge in [-0.25, -0.2) is 9.97 Å². The molecule has 0 bridgehead atoms. The third kappa shape index (κ3) is 4.04. The minimum Gasteiger partial charge on any atom is -0.493 e. The van der Waals surface area contributed by atoms with Crippen molar-refractivity contribution in [1.29, 1.82) is 5.26 Å². The first-order chi connectivity index (χ1) is 13.7. The highest BCUT2D eigenvalue weighted by Crippen LogP contribution is 2.40. The Labute approximate surface area is 162 Å². The second-order valence-corrected chi connectivity index (χ2v) is 5.61. The largest absolute Gasteiger partial charge is 0.493 e. The number of aromatic nitrogens is 2. The van der Waals surface area contributed by atoms with E-state index in [1.54, 1.807) is 51.7 Å². The van der Waals surface area contributed by atoms with Crippen molar-refractivity contribution in [2.24, 2.45) is 0 Å². The van der Waals surface area contributed by atoms with E-state index in [1.165, 1.54) is 6.33 Å². The summed E-state index contributed by atoms with van der Waals surface area (Å²) in [5.74, 6) is 2.67. The van der Waals surface area contributed by atoms with Gasteiger partial charge in [0.25, 0.3) is 0 Å². The maximum absolute atomic E-state index is 9.22. The molecular formula is C20H19N5O3. The van der Waals surface area contributed by atoms with Gasteiger partial charge in [-0.05, 0) is 12.1 Å². The molecule has 0 aliphatic heterocycles. The van der Waals surface area contributed by atoms with E-state index >= 15 is 0 Å². The van der Waals surface area contributed by atoms with E-state index in [9.17, 15) is 5.26 Å². The lowest BCUT2D eigenvalue weighted by Gasteiger charge is -2.15. The van der Waals surface area contributed by atoms with Crippen LogP contribution in [0.3, 0.4) is 0 Å². The number of nitrogens with zero attached hydrogens (tertiary/aromatic N) is 3. The summed E-state index contributed by atoms with van der Waals surface area (Å²) in [7, 11) is 4.66. The molecule has 28 heavy (non-hydrogen) atoms. The van der Waals surface area contributed by atoms with Gasteiger partial charge in [-0.15, -0.1) is 0 Å². The molecule has 3 rings (SSSR count). The van der Waals surface area contributed by atoms with E-state index in [4.69, 9.17) is 14.2 Å². The molecule has 0 fully saturated rings.